The van der Waals surface area contributed by atoms with Gasteiger partial charge in [-0.1, -0.05) is 0 Å². The lowest BCUT2D eigenvalue weighted by Crippen LogP contribution is -2.35. The topological polar surface area (TPSA) is 56.3 Å². The van der Waals surface area contributed by atoms with Gasteiger partial charge in [-0.25, -0.2) is 0 Å². The maximum atomic E-state index is 5.98. The van der Waals surface area contributed by atoms with E-state index in [9.17, 15) is 0 Å². The molecule has 1 heterocycles. The van der Waals surface area contributed by atoms with E-state index in [1.165, 1.54) is 5.56 Å². The summed E-state index contributed by atoms with van der Waals surface area (Å²) in [5, 5.41) is 4.14. The van der Waals surface area contributed by atoms with E-state index in [2.05, 4.69) is 17.0 Å². The highest BCUT2D eigenvalue weighted by atomic mass is 16.5. The predicted octanol–water partition coefficient (Wildman–Crippen LogP) is 0.216. The molecular weight excluding hydrogens is 204 g/mol. The summed E-state index contributed by atoms with van der Waals surface area (Å²) in [6.45, 7) is 2.48. The van der Waals surface area contributed by atoms with Crippen molar-refractivity contribution in [3.05, 3.63) is 18.0 Å². The molecule has 0 aliphatic carbocycles. The second-order valence-electron chi connectivity index (χ2n) is 4.26. The van der Waals surface area contributed by atoms with Gasteiger partial charge in [0.1, 0.15) is 0 Å². The Hall–Kier alpha value is -0.910. The van der Waals surface area contributed by atoms with Gasteiger partial charge in [-0.3, -0.25) is 4.68 Å². The zero-order valence-electron chi connectivity index (χ0n) is 10.4. The van der Waals surface area contributed by atoms with Gasteiger partial charge in [0.05, 0.1) is 6.20 Å². The van der Waals surface area contributed by atoms with E-state index in [4.69, 9.17) is 10.5 Å². The molecule has 0 aliphatic heterocycles. The van der Waals surface area contributed by atoms with E-state index < -0.39 is 0 Å². The number of hydrogen-bond donors (Lipinski definition) is 1. The highest BCUT2D eigenvalue weighted by molar-refractivity contribution is 5.03. The number of aryl methyl sites for hydroxylation is 1. The van der Waals surface area contributed by atoms with Crippen molar-refractivity contribution >= 4 is 0 Å². The minimum atomic E-state index is 0.168. The Labute approximate surface area is 97.2 Å². The van der Waals surface area contributed by atoms with Crippen LogP contribution < -0.4 is 5.73 Å². The van der Waals surface area contributed by atoms with Crippen molar-refractivity contribution in [1.29, 1.82) is 0 Å². The smallest absolute Gasteiger partial charge is 0.0534 e. The summed E-state index contributed by atoms with van der Waals surface area (Å²) in [6.07, 6.45) is 4.81. The molecule has 0 aromatic carbocycles. The Kier molecular flexibility index (Phi) is 5.45. The second kappa shape index (κ2) is 6.62. The van der Waals surface area contributed by atoms with E-state index in [0.717, 1.165) is 26.1 Å². The van der Waals surface area contributed by atoms with Crippen molar-refractivity contribution in [3.63, 3.8) is 0 Å². The molecule has 5 nitrogen and oxygen atoms in total. The molecule has 0 saturated heterocycles. The lowest BCUT2D eigenvalue weighted by Gasteiger charge is -2.20. The zero-order chi connectivity index (χ0) is 12.0. The van der Waals surface area contributed by atoms with Crippen LogP contribution in [0.5, 0.6) is 0 Å². The minimum absolute atomic E-state index is 0.168. The van der Waals surface area contributed by atoms with Gasteiger partial charge < -0.3 is 15.4 Å². The fraction of sp³-hybridized carbons (Fsp3) is 0.727. The van der Waals surface area contributed by atoms with Crippen molar-refractivity contribution in [2.75, 3.05) is 27.3 Å². The van der Waals surface area contributed by atoms with Crippen molar-refractivity contribution in [3.8, 4) is 0 Å². The molecule has 2 N–H and O–H groups in total. The molecule has 5 heteroatoms. The maximum absolute atomic E-state index is 5.98. The van der Waals surface area contributed by atoms with Crippen LogP contribution in [0.3, 0.4) is 0 Å². The molecule has 0 saturated carbocycles. The van der Waals surface area contributed by atoms with E-state index in [-0.39, 0.29) is 6.04 Å². The number of ether oxygens (including phenoxy) is 1. The number of rotatable bonds is 7. The maximum Gasteiger partial charge on any atom is 0.0534 e. The van der Waals surface area contributed by atoms with Crippen LogP contribution in [0.2, 0.25) is 0 Å². The molecule has 0 bridgehead atoms. The lowest BCUT2D eigenvalue weighted by atomic mass is 10.2. The zero-order valence-corrected chi connectivity index (χ0v) is 10.4. The molecule has 1 aromatic rings. The number of aromatic nitrogens is 2. The standard InChI is InChI=1S/C11H22N4O/c1-14(9-11(12)4-5-16-3)7-10-6-13-15(2)8-10/h6,8,11H,4-5,7,9,12H2,1-3H3. The van der Waals surface area contributed by atoms with E-state index in [1.807, 2.05) is 24.1 Å². The van der Waals surface area contributed by atoms with Gasteiger partial charge in [-0.2, -0.15) is 5.10 Å². The van der Waals surface area contributed by atoms with Crippen molar-refractivity contribution in [2.45, 2.75) is 19.0 Å². The SMILES string of the molecule is COCCC(N)CN(C)Cc1cnn(C)c1. The number of hydrogen-bond acceptors (Lipinski definition) is 4. The lowest BCUT2D eigenvalue weighted by molar-refractivity contribution is 0.179. The van der Waals surface area contributed by atoms with Gasteiger partial charge in [0, 0.05) is 51.7 Å². The highest BCUT2D eigenvalue weighted by Gasteiger charge is 2.07. The second-order valence-corrected chi connectivity index (χ2v) is 4.26. The van der Waals surface area contributed by atoms with E-state index in [0.29, 0.717) is 0 Å². The molecule has 0 spiro atoms. The van der Waals surface area contributed by atoms with Crippen molar-refractivity contribution in [1.82, 2.24) is 14.7 Å². The third-order valence-electron chi connectivity index (χ3n) is 2.45. The van der Waals surface area contributed by atoms with Crippen LogP contribution in [-0.2, 0) is 18.3 Å². The molecule has 0 amide bonds. The minimum Gasteiger partial charge on any atom is -0.385 e. The van der Waals surface area contributed by atoms with Crippen LogP contribution >= 0.6 is 0 Å². The summed E-state index contributed by atoms with van der Waals surface area (Å²) in [4.78, 5) is 2.21. The molecule has 0 aliphatic rings. The van der Waals surface area contributed by atoms with E-state index in [1.54, 1.807) is 7.11 Å². The largest absolute Gasteiger partial charge is 0.385 e. The Balaban J connectivity index is 2.27. The molecule has 1 aromatic heterocycles. The number of likely N-dealkylation sites (N-methyl/N-ethyl adjacent to an activating group) is 1. The first kappa shape index (κ1) is 13.2. The van der Waals surface area contributed by atoms with Crippen LogP contribution in [0.4, 0.5) is 0 Å². The third-order valence-corrected chi connectivity index (χ3v) is 2.45. The van der Waals surface area contributed by atoms with Crippen molar-refractivity contribution < 1.29 is 4.74 Å². The summed E-state index contributed by atoms with van der Waals surface area (Å²) < 4.78 is 6.82. The Morgan fingerprint density at radius 2 is 2.38 bits per heavy atom. The molecule has 92 valence electrons. The molecule has 16 heavy (non-hydrogen) atoms. The van der Waals surface area contributed by atoms with Crippen LogP contribution in [0.1, 0.15) is 12.0 Å². The average Bonchev–Trinajstić information content (AvgIpc) is 2.60. The van der Waals surface area contributed by atoms with Gasteiger partial charge in [-0.05, 0) is 13.5 Å². The number of nitrogens with two attached hydrogens (primary N) is 1. The predicted molar refractivity (Wildman–Crippen MR) is 64.0 cm³/mol. The fourth-order valence-electron chi connectivity index (χ4n) is 1.69. The Morgan fingerprint density at radius 1 is 1.62 bits per heavy atom. The Morgan fingerprint density at radius 3 is 2.94 bits per heavy atom. The molecule has 1 unspecified atom stereocenters. The van der Waals surface area contributed by atoms with Gasteiger partial charge in [0.2, 0.25) is 0 Å². The van der Waals surface area contributed by atoms with Gasteiger partial charge in [-0.15, -0.1) is 0 Å². The first-order chi connectivity index (χ1) is 7.61. The summed E-state index contributed by atoms with van der Waals surface area (Å²) in [5.41, 5.74) is 7.19. The normalized spacial score (nSPS) is 13.3. The number of nitrogens with zero attached hydrogens (tertiary/aromatic N) is 3. The fourth-order valence-corrected chi connectivity index (χ4v) is 1.69. The van der Waals surface area contributed by atoms with Crippen LogP contribution in [-0.4, -0.2) is 48.0 Å². The summed E-state index contributed by atoms with van der Waals surface area (Å²) >= 11 is 0. The molecule has 0 radical (unpaired) electrons. The summed E-state index contributed by atoms with van der Waals surface area (Å²) in [5.74, 6) is 0. The quantitative estimate of drug-likeness (QED) is 0.722. The number of methoxy groups -OCH3 is 1. The average molecular weight is 226 g/mol. The third kappa shape index (κ3) is 4.74. The van der Waals surface area contributed by atoms with Crippen LogP contribution in [0.15, 0.2) is 12.4 Å². The van der Waals surface area contributed by atoms with E-state index >= 15 is 0 Å². The van der Waals surface area contributed by atoms with Crippen LogP contribution in [0, 0.1) is 0 Å². The molecule has 1 atom stereocenters. The van der Waals surface area contributed by atoms with Crippen molar-refractivity contribution in [2.24, 2.45) is 12.8 Å². The van der Waals surface area contributed by atoms with Crippen LogP contribution in [0.25, 0.3) is 0 Å². The first-order valence-electron chi connectivity index (χ1n) is 5.52. The Bertz CT molecular complexity index is 300. The first-order valence-corrected chi connectivity index (χ1v) is 5.52. The molecular formula is C11H22N4O. The summed E-state index contributed by atoms with van der Waals surface area (Å²) in [7, 11) is 5.69. The highest BCUT2D eigenvalue weighted by Crippen LogP contribution is 2.02. The molecule has 1 rings (SSSR count). The monoisotopic (exact) mass is 226 g/mol. The van der Waals surface area contributed by atoms with Gasteiger partial charge >= 0.3 is 0 Å². The summed E-state index contributed by atoms with van der Waals surface area (Å²) in [6, 6.07) is 0.168. The molecule has 0 fully saturated rings. The van der Waals surface area contributed by atoms with Gasteiger partial charge in [0.25, 0.3) is 0 Å². The van der Waals surface area contributed by atoms with Gasteiger partial charge in [0.15, 0.2) is 0 Å².